The van der Waals surface area contributed by atoms with Gasteiger partial charge in [0.2, 0.25) is 0 Å². The number of nitrogens with two attached hydrogens (primary N) is 1. The Hall–Kier alpha value is -1.38. The summed E-state index contributed by atoms with van der Waals surface area (Å²) in [6.45, 7) is 10.5. The van der Waals surface area contributed by atoms with Crippen molar-refractivity contribution in [1.29, 1.82) is 0 Å². The lowest BCUT2D eigenvalue weighted by Gasteiger charge is -2.30. The molecule has 0 spiro atoms. The van der Waals surface area contributed by atoms with Crippen molar-refractivity contribution in [1.82, 2.24) is 0 Å². The molecule has 0 aliphatic heterocycles. The van der Waals surface area contributed by atoms with Crippen LogP contribution < -0.4 is 15.4 Å². The van der Waals surface area contributed by atoms with Crippen LogP contribution in [-0.4, -0.2) is 19.2 Å². The van der Waals surface area contributed by atoms with Crippen LogP contribution in [0.1, 0.15) is 53.4 Å². The molecule has 0 fully saturated rings. The number of rotatable bonds is 9. The Labute approximate surface area is 124 Å². The maximum Gasteiger partial charge on any atom is 0.144 e. The molecule has 0 aromatic heterocycles. The van der Waals surface area contributed by atoms with Gasteiger partial charge in [0.1, 0.15) is 5.75 Å². The molecule has 3 heteroatoms. The van der Waals surface area contributed by atoms with E-state index in [4.69, 9.17) is 10.5 Å². The number of hydrogen-bond donors (Lipinski definition) is 1. The SMILES string of the molecule is CCCCCN(c1cccc(OCCC)c1N)C(C)C. The zero-order valence-electron chi connectivity index (χ0n) is 13.5. The molecule has 0 heterocycles. The summed E-state index contributed by atoms with van der Waals surface area (Å²) in [6.07, 6.45) is 4.69. The molecule has 20 heavy (non-hydrogen) atoms. The lowest BCUT2D eigenvalue weighted by atomic mass is 10.1. The number of hydrogen-bond acceptors (Lipinski definition) is 3. The van der Waals surface area contributed by atoms with Crippen molar-refractivity contribution in [2.45, 2.75) is 59.4 Å². The van der Waals surface area contributed by atoms with Gasteiger partial charge in [0, 0.05) is 12.6 Å². The number of nitrogens with zero attached hydrogens (tertiary/aromatic N) is 1. The van der Waals surface area contributed by atoms with Crippen LogP contribution in [0.2, 0.25) is 0 Å². The first-order valence-electron chi connectivity index (χ1n) is 7.89. The summed E-state index contributed by atoms with van der Waals surface area (Å²) in [7, 11) is 0. The largest absolute Gasteiger partial charge is 0.491 e. The minimum atomic E-state index is 0.440. The van der Waals surface area contributed by atoms with E-state index in [0.29, 0.717) is 12.6 Å². The molecule has 1 rings (SSSR count). The Balaban J connectivity index is 2.89. The molecule has 0 saturated carbocycles. The van der Waals surface area contributed by atoms with Crippen molar-refractivity contribution in [3.8, 4) is 5.75 Å². The quantitative estimate of drug-likeness (QED) is 0.535. The lowest BCUT2D eigenvalue weighted by Crippen LogP contribution is -2.32. The molecule has 0 amide bonds. The highest BCUT2D eigenvalue weighted by molar-refractivity contribution is 5.74. The first-order chi connectivity index (χ1) is 9.61. The van der Waals surface area contributed by atoms with Gasteiger partial charge in [0.15, 0.2) is 0 Å². The Bertz CT molecular complexity index is 391. The summed E-state index contributed by atoms with van der Waals surface area (Å²) in [5.74, 6) is 0.811. The van der Waals surface area contributed by atoms with Crippen LogP contribution in [0.3, 0.4) is 0 Å². The van der Waals surface area contributed by atoms with Gasteiger partial charge in [0.25, 0.3) is 0 Å². The van der Waals surface area contributed by atoms with E-state index in [1.807, 2.05) is 12.1 Å². The van der Waals surface area contributed by atoms with Crippen molar-refractivity contribution in [2.75, 3.05) is 23.8 Å². The second-order valence-electron chi connectivity index (χ2n) is 5.53. The zero-order chi connectivity index (χ0) is 15.0. The van der Waals surface area contributed by atoms with Crippen molar-refractivity contribution >= 4 is 11.4 Å². The van der Waals surface area contributed by atoms with Gasteiger partial charge in [-0.1, -0.05) is 32.8 Å². The van der Waals surface area contributed by atoms with E-state index in [9.17, 15) is 0 Å². The number of ether oxygens (including phenoxy) is 1. The maximum atomic E-state index is 6.30. The van der Waals surface area contributed by atoms with Gasteiger partial charge in [-0.3, -0.25) is 0 Å². The highest BCUT2D eigenvalue weighted by atomic mass is 16.5. The molecule has 0 unspecified atom stereocenters. The van der Waals surface area contributed by atoms with Gasteiger partial charge < -0.3 is 15.4 Å². The summed E-state index contributed by atoms with van der Waals surface area (Å²) in [4.78, 5) is 2.38. The monoisotopic (exact) mass is 278 g/mol. The highest BCUT2D eigenvalue weighted by Crippen LogP contribution is 2.33. The number of para-hydroxylation sites is 1. The standard InChI is InChI=1S/C17H30N2O/c1-5-7-8-12-19(14(3)4)15-10-9-11-16(17(15)18)20-13-6-2/h9-11,14H,5-8,12-13,18H2,1-4H3. The van der Waals surface area contributed by atoms with Gasteiger partial charge in [0.05, 0.1) is 18.0 Å². The van der Waals surface area contributed by atoms with Crippen molar-refractivity contribution in [3.63, 3.8) is 0 Å². The Kier molecular flexibility index (Phi) is 7.27. The summed E-state index contributed by atoms with van der Waals surface area (Å²) in [5.41, 5.74) is 8.17. The van der Waals surface area contributed by atoms with E-state index in [2.05, 4.69) is 38.7 Å². The molecular weight excluding hydrogens is 248 g/mol. The van der Waals surface area contributed by atoms with E-state index in [-0.39, 0.29) is 0 Å². The summed E-state index contributed by atoms with van der Waals surface area (Å²) >= 11 is 0. The smallest absolute Gasteiger partial charge is 0.144 e. The number of nitrogen functional groups attached to an aromatic ring is 1. The third-order valence-electron chi connectivity index (χ3n) is 3.44. The van der Waals surface area contributed by atoms with Crippen molar-refractivity contribution in [3.05, 3.63) is 18.2 Å². The Morgan fingerprint density at radius 2 is 1.90 bits per heavy atom. The average molecular weight is 278 g/mol. The molecule has 0 atom stereocenters. The molecule has 3 nitrogen and oxygen atoms in total. The van der Waals surface area contributed by atoms with E-state index in [1.165, 1.54) is 19.3 Å². The summed E-state index contributed by atoms with van der Waals surface area (Å²) in [6, 6.07) is 6.53. The second-order valence-corrected chi connectivity index (χ2v) is 5.53. The molecule has 0 radical (unpaired) electrons. The van der Waals surface area contributed by atoms with Gasteiger partial charge in [-0.05, 0) is 38.8 Å². The third-order valence-corrected chi connectivity index (χ3v) is 3.44. The molecule has 2 N–H and O–H groups in total. The van der Waals surface area contributed by atoms with Crippen LogP contribution in [0, 0.1) is 0 Å². The number of unbranched alkanes of at least 4 members (excludes halogenated alkanes) is 2. The molecule has 0 bridgehead atoms. The van der Waals surface area contributed by atoms with E-state index in [1.54, 1.807) is 0 Å². The Morgan fingerprint density at radius 1 is 1.15 bits per heavy atom. The fraction of sp³-hybridized carbons (Fsp3) is 0.647. The molecule has 1 aromatic carbocycles. The molecule has 0 saturated heterocycles. The van der Waals surface area contributed by atoms with Crippen molar-refractivity contribution < 1.29 is 4.74 Å². The molecule has 0 aliphatic carbocycles. The molecule has 114 valence electrons. The van der Waals surface area contributed by atoms with Crippen LogP contribution in [-0.2, 0) is 0 Å². The van der Waals surface area contributed by atoms with Crippen LogP contribution >= 0.6 is 0 Å². The zero-order valence-corrected chi connectivity index (χ0v) is 13.5. The van der Waals surface area contributed by atoms with E-state index in [0.717, 1.165) is 30.1 Å². The van der Waals surface area contributed by atoms with Gasteiger partial charge in [-0.15, -0.1) is 0 Å². The van der Waals surface area contributed by atoms with E-state index < -0.39 is 0 Å². The first-order valence-corrected chi connectivity index (χ1v) is 7.89. The van der Waals surface area contributed by atoms with Crippen LogP contribution in [0.15, 0.2) is 18.2 Å². The maximum absolute atomic E-state index is 6.30. The minimum absolute atomic E-state index is 0.440. The van der Waals surface area contributed by atoms with Gasteiger partial charge >= 0.3 is 0 Å². The predicted molar refractivity (Wildman–Crippen MR) is 88.6 cm³/mol. The minimum Gasteiger partial charge on any atom is -0.491 e. The molecular formula is C17H30N2O. The summed E-state index contributed by atoms with van der Waals surface area (Å²) < 4.78 is 5.73. The fourth-order valence-corrected chi connectivity index (χ4v) is 2.31. The highest BCUT2D eigenvalue weighted by Gasteiger charge is 2.15. The van der Waals surface area contributed by atoms with Crippen LogP contribution in [0.5, 0.6) is 5.75 Å². The normalized spacial score (nSPS) is 10.8. The van der Waals surface area contributed by atoms with Crippen LogP contribution in [0.4, 0.5) is 11.4 Å². The third kappa shape index (κ3) is 4.62. The Morgan fingerprint density at radius 3 is 2.50 bits per heavy atom. The second kappa shape index (κ2) is 8.72. The average Bonchev–Trinajstić information content (AvgIpc) is 2.43. The summed E-state index contributed by atoms with van der Waals surface area (Å²) in [5, 5.41) is 0. The molecule has 0 aliphatic rings. The molecule has 1 aromatic rings. The van der Waals surface area contributed by atoms with Crippen molar-refractivity contribution in [2.24, 2.45) is 0 Å². The lowest BCUT2D eigenvalue weighted by molar-refractivity contribution is 0.319. The van der Waals surface area contributed by atoms with E-state index >= 15 is 0 Å². The predicted octanol–water partition coefficient (Wildman–Crippen LogP) is 4.46. The van der Waals surface area contributed by atoms with Crippen LogP contribution in [0.25, 0.3) is 0 Å². The van der Waals surface area contributed by atoms with Gasteiger partial charge in [-0.2, -0.15) is 0 Å². The fourth-order valence-electron chi connectivity index (χ4n) is 2.31. The topological polar surface area (TPSA) is 38.5 Å². The number of benzene rings is 1. The number of anilines is 2. The van der Waals surface area contributed by atoms with Gasteiger partial charge in [-0.25, -0.2) is 0 Å². The first kappa shape index (κ1) is 16.7.